The molecule has 0 atom stereocenters. The lowest BCUT2D eigenvalue weighted by Crippen LogP contribution is -2.44. The molecule has 8 heteroatoms. The third-order valence-corrected chi connectivity index (χ3v) is 6.22. The van der Waals surface area contributed by atoms with Gasteiger partial charge in [-0.25, -0.2) is 4.98 Å². The second-order valence-corrected chi connectivity index (χ2v) is 8.30. The first kappa shape index (κ1) is 20.3. The van der Waals surface area contributed by atoms with Crippen LogP contribution in [0.2, 0.25) is 0 Å². The van der Waals surface area contributed by atoms with Gasteiger partial charge in [0.25, 0.3) is 5.91 Å². The molecule has 8 nitrogen and oxygen atoms in total. The fourth-order valence-electron chi connectivity index (χ4n) is 4.21. The minimum atomic E-state index is -0.0741. The first-order valence-corrected chi connectivity index (χ1v) is 10.8. The normalized spacial score (nSPS) is 16.5. The third-order valence-electron chi connectivity index (χ3n) is 6.22. The van der Waals surface area contributed by atoms with Gasteiger partial charge in [0.15, 0.2) is 5.82 Å². The second-order valence-electron chi connectivity index (χ2n) is 8.30. The second kappa shape index (κ2) is 8.12. The van der Waals surface area contributed by atoms with E-state index in [1.165, 1.54) is 5.69 Å². The van der Waals surface area contributed by atoms with Crippen LogP contribution < -0.4 is 20.0 Å². The van der Waals surface area contributed by atoms with E-state index in [1.54, 1.807) is 18.1 Å². The van der Waals surface area contributed by atoms with Gasteiger partial charge in [-0.3, -0.25) is 4.79 Å². The van der Waals surface area contributed by atoms with Crippen molar-refractivity contribution in [2.45, 2.75) is 0 Å². The molecule has 32 heavy (non-hydrogen) atoms. The van der Waals surface area contributed by atoms with Crippen LogP contribution >= 0.6 is 0 Å². The number of nitrogens with zero attached hydrogens (tertiary/aromatic N) is 6. The molecule has 1 aromatic heterocycles. The Bertz CT molecular complexity index is 1140. The molecule has 3 aromatic rings. The maximum atomic E-state index is 12.9. The molecule has 5 rings (SSSR count). The zero-order valence-corrected chi connectivity index (χ0v) is 18.6. The molecule has 0 radical (unpaired) electrons. The molecule has 2 aromatic carbocycles. The first-order chi connectivity index (χ1) is 15.5. The van der Waals surface area contributed by atoms with Crippen LogP contribution in [0, 0.1) is 0 Å². The zero-order valence-electron chi connectivity index (χ0n) is 18.6. The van der Waals surface area contributed by atoms with Crippen LogP contribution in [0.1, 0.15) is 10.4 Å². The summed E-state index contributed by atoms with van der Waals surface area (Å²) in [5.74, 6) is 1.09. The predicted octanol–water partition coefficient (Wildman–Crippen LogP) is 3.33. The summed E-state index contributed by atoms with van der Waals surface area (Å²) in [5, 5.41) is 3.30. The number of nitrogens with one attached hydrogen (secondary N) is 1. The van der Waals surface area contributed by atoms with Crippen molar-refractivity contribution < 1.29 is 4.79 Å². The van der Waals surface area contributed by atoms with Crippen molar-refractivity contribution in [3.05, 3.63) is 60.3 Å². The fraction of sp³-hybridized carbons (Fsp3) is 0.292. The summed E-state index contributed by atoms with van der Waals surface area (Å²) in [4.78, 5) is 30.4. The van der Waals surface area contributed by atoms with Gasteiger partial charge >= 0.3 is 0 Å². The molecule has 2 aliphatic rings. The van der Waals surface area contributed by atoms with E-state index in [1.807, 2.05) is 36.2 Å². The zero-order chi connectivity index (χ0) is 22.2. The van der Waals surface area contributed by atoms with Gasteiger partial charge in [0.1, 0.15) is 5.69 Å². The number of hydrogen-bond acceptors (Lipinski definition) is 7. The quantitative estimate of drug-likeness (QED) is 0.685. The number of aromatic nitrogens is 2. The van der Waals surface area contributed by atoms with Crippen molar-refractivity contribution in [1.82, 2.24) is 14.9 Å². The van der Waals surface area contributed by atoms with Gasteiger partial charge in [-0.15, -0.1) is 0 Å². The molecule has 0 saturated carbocycles. The minimum absolute atomic E-state index is 0.0741. The van der Waals surface area contributed by atoms with Crippen molar-refractivity contribution >= 4 is 40.4 Å². The molecule has 1 amide bonds. The Hall–Kier alpha value is -3.65. The number of fused-ring (bicyclic) bond motifs is 2. The smallest absolute Gasteiger partial charge is 0.260 e. The highest BCUT2D eigenvalue weighted by atomic mass is 16.2. The summed E-state index contributed by atoms with van der Waals surface area (Å²) in [7, 11) is 5.84. The highest BCUT2D eigenvalue weighted by molar-refractivity contribution is 6.13. The van der Waals surface area contributed by atoms with Crippen LogP contribution in [0.5, 0.6) is 0 Å². The van der Waals surface area contributed by atoms with Crippen LogP contribution in [0.3, 0.4) is 0 Å². The lowest BCUT2D eigenvalue weighted by atomic mass is 10.1. The summed E-state index contributed by atoms with van der Waals surface area (Å²) in [6.07, 6.45) is 1.70. The van der Waals surface area contributed by atoms with Crippen LogP contribution in [-0.2, 0) is 0 Å². The monoisotopic (exact) mass is 429 g/mol. The fourth-order valence-corrected chi connectivity index (χ4v) is 4.21. The summed E-state index contributed by atoms with van der Waals surface area (Å²) in [5.41, 5.74) is 4.28. The number of carbonyl (C=O) groups is 1. The Morgan fingerprint density at radius 3 is 2.31 bits per heavy atom. The van der Waals surface area contributed by atoms with E-state index in [2.05, 4.69) is 51.4 Å². The summed E-state index contributed by atoms with van der Waals surface area (Å²) in [6, 6.07) is 15.9. The van der Waals surface area contributed by atoms with Gasteiger partial charge in [0, 0.05) is 51.6 Å². The molecular weight excluding hydrogens is 402 g/mol. The number of benzene rings is 2. The van der Waals surface area contributed by atoms with Gasteiger partial charge in [-0.05, 0) is 43.4 Å². The number of para-hydroxylation sites is 1. The molecule has 1 saturated heterocycles. The Balaban J connectivity index is 1.40. The Morgan fingerprint density at radius 1 is 0.844 bits per heavy atom. The maximum absolute atomic E-state index is 12.9. The summed E-state index contributed by atoms with van der Waals surface area (Å²) in [6.45, 7) is 4.24. The molecular formula is C24H27N7O. The molecule has 164 valence electrons. The van der Waals surface area contributed by atoms with Gasteiger partial charge in [-0.1, -0.05) is 12.1 Å². The molecule has 0 bridgehead atoms. The number of amides is 1. The minimum Gasteiger partial charge on any atom is -0.369 e. The summed E-state index contributed by atoms with van der Waals surface area (Å²) >= 11 is 0. The van der Waals surface area contributed by atoms with Crippen molar-refractivity contribution in [3.8, 4) is 0 Å². The lowest BCUT2D eigenvalue weighted by Gasteiger charge is -2.34. The van der Waals surface area contributed by atoms with E-state index in [0.717, 1.165) is 37.6 Å². The molecule has 0 spiro atoms. The Kier molecular flexibility index (Phi) is 5.14. The SMILES string of the molecule is CN1CCN(c2ccc(Nc3ncc4c(n3)N(C)c3ccccc3C(=O)N4C)cc2)CC1. The lowest BCUT2D eigenvalue weighted by molar-refractivity contribution is 0.0994. The highest BCUT2D eigenvalue weighted by Gasteiger charge is 2.28. The molecule has 1 fully saturated rings. The van der Waals surface area contributed by atoms with E-state index in [0.29, 0.717) is 23.0 Å². The molecule has 0 aliphatic carbocycles. The average molecular weight is 430 g/mol. The molecule has 1 N–H and O–H groups in total. The van der Waals surface area contributed by atoms with Crippen LogP contribution in [-0.4, -0.2) is 68.1 Å². The van der Waals surface area contributed by atoms with E-state index in [9.17, 15) is 4.79 Å². The number of rotatable bonds is 3. The molecule has 0 unspecified atom stereocenters. The average Bonchev–Trinajstić information content (AvgIpc) is 2.90. The number of anilines is 6. The number of carbonyl (C=O) groups excluding carboxylic acids is 1. The van der Waals surface area contributed by atoms with Crippen molar-refractivity contribution in [2.24, 2.45) is 0 Å². The molecule has 3 heterocycles. The standard InChI is InChI=1S/C24H27N7O/c1-28-12-14-31(15-13-28)18-10-8-17(9-11-18)26-24-25-16-21-22(27-24)29(2)20-7-5-4-6-19(20)23(32)30(21)3/h4-11,16H,12-15H2,1-3H3,(H,25,26,27). The van der Waals surface area contributed by atoms with E-state index < -0.39 is 0 Å². The van der Waals surface area contributed by atoms with Crippen molar-refractivity contribution in [3.63, 3.8) is 0 Å². The number of hydrogen-bond donors (Lipinski definition) is 1. The third kappa shape index (κ3) is 3.62. The molecule has 2 aliphatic heterocycles. The Morgan fingerprint density at radius 2 is 1.56 bits per heavy atom. The number of piperazine rings is 1. The van der Waals surface area contributed by atoms with Gasteiger partial charge in [0.2, 0.25) is 5.95 Å². The van der Waals surface area contributed by atoms with Crippen LogP contribution in [0.4, 0.5) is 34.5 Å². The highest BCUT2D eigenvalue weighted by Crippen LogP contribution is 2.38. The van der Waals surface area contributed by atoms with Gasteiger partial charge in [0.05, 0.1) is 17.4 Å². The predicted molar refractivity (Wildman–Crippen MR) is 129 cm³/mol. The van der Waals surface area contributed by atoms with E-state index in [4.69, 9.17) is 4.98 Å². The van der Waals surface area contributed by atoms with Gasteiger partial charge in [-0.2, -0.15) is 4.98 Å². The van der Waals surface area contributed by atoms with Crippen LogP contribution in [0.15, 0.2) is 54.7 Å². The number of likely N-dealkylation sites (N-methyl/N-ethyl adjacent to an activating group) is 1. The van der Waals surface area contributed by atoms with Crippen molar-refractivity contribution in [2.75, 3.05) is 67.3 Å². The van der Waals surface area contributed by atoms with Crippen LogP contribution in [0.25, 0.3) is 0 Å². The van der Waals surface area contributed by atoms with E-state index >= 15 is 0 Å². The largest absolute Gasteiger partial charge is 0.369 e. The maximum Gasteiger partial charge on any atom is 0.260 e. The van der Waals surface area contributed by atoms with Crippen molar-refractivity contribution in [1.29, 1.82) is 0 Å². The summed E-state index contributed by atoms with van der Waals surface area (Å²) < 4.78 is 0. The van der Waals surface area contributed by atoms with Gasteiger partial charge < -0.3 is 24.9 Å². The Labute approximate surface area is 188 Å². The van der Waals surface area contributed by atoms with E-state index in [-0.39, 0.29) is 5.91 Å². The topological polar surface area (TPSA) is 67.8 Å². The first-order valence-electron chi connectivity index (χ1n) is 10.8.